The van der Waals surface area contributed by atoms with Gasteiger partial charge in [0.25, 0.3) is 0 Å². The van der Waals surface area contributed by atoms with Crippen molar-refractivity contribution in [1.29, 1.82) is 0 Å². The lowest BCUT2D eigenvalue weighted by Gasteiger charge is -2.28. The maximum Gasteiger partial charge on any atom is 0.329 e. The van der Waals surface area contributed by atoms with Crippen LogP contribution >= 0.6 is 0 Å². The van der Waals surface area contributed by atoms with E-state index in [0.717, 1.165) is 6.42 Å². The van der Waals surface area contributed by atoms with Crippen LogP contribution in [0.1, 0.15) is 54.4 Å². The first-order chi connectivity index (χ1) is 9.65. The lowest BCUT2D eigenvalue weighted by atomic mass is 9.96. The van der Waals surface area contributed by atoms with Gasteiger partial charge in [-0.2, -0.15) is 0 Å². The van der Waals surface area contributed by atoms with Crippen LogP contribution in [-0.2, 0) is 19.1 Å². The Labute approximate surface area is 127 Å². The number of nitrogens with one attached hydrogen (secondary N) is 1. The smallest absolute Gasteiger partial charge is 0.329 e. The van der Waals surface area contributed by atoms with Crippen LogP contribution in [0.15, 0.2) is 0 Å². The molecule has 1 N–H and O–H groups in total. The Balaban J connectivity index is 2.74. The van der Waals surface area contributed by atoms with Crippen molar-refractivity contribution >= 4 is 11.9 Å². The first-order valence-corrected chi connectivity index (χ1v) is 7.80. The van der Waals surface area contributed by atoms with Gasteiger partial charge in [0, 0.05) is 6.61 Å². The van der Waals surface area contributed by atoms with Gasteiger partial charge in [-0.05, 0) is 40.0 Å². The zero-order valence-corrected chi connectivity index (χ0v) is 14.1. The number of carbonyl (C=O) groups is 2. The predicted octanol–water partition coefficient (Wildman–Crippen LogP) is 2.28. The van der Waals surface area contributed by atoms with E-state index in [4.69, 9.17) is 9.47 Å². The van der Waals surface area contributed by atoms with E-state index in [1.165, 1.54) is 0 Å². The lowest BCUT2D eigenvalue weighted by Crippen LogP contribution is -2.50. The summed E-state index contributed by atoms with van der Waals surface area (Å²) in [6.45, 7) is 11.9. The lowest BCUT2D eigenvalue weighted by molar-refractivity contribution is -0.160. The van der Waals surface area contributed by atoms with Crippen molar-refractivity contribution < 1.29 is 19.1 Å². The van der Waals surface area contributed by atoms with Crippen LogP contribution in [0.2, 0.25) is 0 Å². The molecule has 1 rings (SSSR count). The second kappa shape index (κ2) is 7.25. The molecule has 1 saturated heterocycles. The van der Waals surface area contributed by atoms with Crippen molar-refractivity contribution in [3.05, 3.63) is 0 Å². The van der Waals surface area contributed by atoms with Gasteiger partial charge in [0.15, 0.2) is 0 Å². The van der Waals surface area contributed by atoms with Gasteiger partial charge in [0.05, 0.1) is 12.0 Å². The molecule has 21 heavy (non-hydrogen) atoms. The van der Waals surface area contributed by atoms with Gasteiger partial charge >= 0.3 is 5.97 Å². The minimum absolute atomic E-state index is 0.0291. The molecular weight excluding hydrogens is 270 g/mol. The molecular formula is C16H29NO4. The van der Waals surface area contributed by atoms with E-state index in [-0.39, 0.29) is 29.8 Å². The van der Waals surface area contributed by atoms with Crippen molar-refractivity contribution in [2.75, 3.05) is 6.61 Å². The third-order valence-electron chi connectivity index (χ3n) is 3.88. The summed E-state index contributed by atoms with van der Waals surface area (Å²) in [6.07, 6.45) is 1.40. The maximum atomic E-state index is 12.4. The van der Waals surface area contributed by atoms with Gasteiger partial charge in [-0.3, -0.25) is 4.79 Å². The molecule has 0 spiro atoms. The van der Waals surface area contributed by atoms with Crippen LogP contribution in [0, 0.1) is 11.8 Å². The summed E-state index contributed by atoms with van der Waals surface area (Å²) in [5, 5.41) is 2.87. The SMILES string of the molecule is CC[C@H](C)[C@H](NC(=O)C1CCOC1C)C(=O)OC(C)(C)C. The number of hydrogen-bond acceptors (Lipinski definition) is 4. The van der Waals surface area contributed by atoms with Crippen LogP contribution in [0.5, 0.6) is 0 Å². The molecule has 1 heterocycles. The molecule has 1 aliphatic heterocycles. The summed E-state index contributed by atoms with van der Waals surface area (Å²) in [5.41, 5.74) is -0.558. The first-order valence-electron chi connectivity index (χ1n) is 7.80. The van der Waals surface area contributed by atoms with Crippen LogP contribution in [-0.4, -0.2) is 36.2 Å². The van der Waals surface area contributed by atoms with Crippen molar-refractivity contribution in [3.63, 3.8) is 0 Å². The van der Waals surface area contributed by atoms with Crippen LogP contribution in [0.3, 0.4) is 0 Å². The third-order valence-corrected chi connectivity index (χ3v) is 3.88. The van der Waals surface area contributed by atoms with E-state index in [0.29, 0.717) is 13.0 Å². The van der Waals surface area contributed by atoms with Crippen molar-refractivity contribution in [2.45, 2.75) is 72.1 Å². The van der Waals surface area contributed by atoms with Crippen molar-refractivity contribution in [1.82, 2.24) is 5.32 Å². The molecule has 1 fully saturated rings. The zero-order valence-electron chi connectivity index (χ0n) is 14.1. The highest BCUT2D eigenvalue weighted by Gasteiger charge is 2.36. The number of rotatable bonds is 5. The summed E-state index contributed by atoms with van der Waals surface area (Å²) in [4.78, 5) is 24.7. The average Bonchev–Trinajstić information content (AvgIpc) is 2.78. The second-order valence-electron chi connectivity index (χ2n) is 6.88. The first kappa shape index (κ1) is 18.0. The minimum atomic E-state index is -0.602. The molecule has 5 heteroatoms. The summed E-state index contributed by atoms with van der Waals surface area (Å²) in [7, 11) is 0. The molecule has 4 atom stereocenters. The molecule has 0 saturated carbocycles. The van der Waals surface area contributed by atoms with E-state index in [1.54, 1.807) is 0 Å². The normalized spacial score (nSPS) is 25.2. The Morgan fingerprint density at radius 2 is 2.00 bits per heavy atom. The van der Waals surface area contributed by atoms with Gasteiger partial charge in [-0.1, -0.05) is 20.3 Å². The molecule has 2 unspecified atom stereocenters. The fraction of sp³-hybridized carbons (Fsp3) is 0.875. The topological polar surface area (TPSA) is 64.6 Å². The minimum Gasteiger partial charge on any atom is -0.458 e. The summed E-state index contributed by atoms with van der Waals surface area (Å²) >= 11 is 0. The second-order valence-corrected chi connectivity index (χ2v) is 6.88. The van der Waals surface area contributed by atoms with E-state index < -0.39 is 11.6 Å². The van der Waals surface area contributed by atoms with Gasteiger partial charge < -0.3 is 14.8 Å². The molecule has 5 nitrogen and oxygen atoms in total. The Hall–Kier alpha value is -1.10. The number of hydrogen-bond donors (Lipinski definition) is 1. The Kier molecular flexibility index (Phi) is 6.20. The highest BCUT2D eigenvalue weighted by molar-refractivity contribution is 5.86. The Morgan fingerprint density at radius 3 is 2.43 bits per heavy atom. The van der Waals surface area contributed by atoms with E-state index in [2.05, 4.69) is 5.32 Å². The quantitative estimate of drug-likeness (QED) is 0.791. The molecule has 1 aliphatic rings. The molecule has 0 aromatic heterocycles. The van der Waals surface area contributed by atoms with Crippen LogP contribution in [0.25, 0.3) is 0 Å². The van der Waals surface area contributed by atoms with Gasteiger partial charge in [-0.25, -0.2) is 4.79 Å². The Morgan fingerprint density at radius 1 is 1.38 bits per heavy atom. The monoisotopic (exact) mass is 299 g/mol. The number of ether oxygens (including phenoxy) is 2. The Bertz CT molecular complexity index is 375. The molecule has 1 amide bonds. The molecule has 0 bridgehead atoms. The summed E-state index contributed by atoms with van der Waals surface area (Å²) in [6, 6.07) is -0.602. The van der Waals surface area contributed by atoms with Crippen molar-refractivity contribution in [2.24, 2.45) is 11.8 Å². The van der Waals surface area contributed by atoms with Gasteiger partial charge in [0.1, 0.15) is 11.6 Å². The van der Waals surface area contributed by atoms with Crippen LogP contribution in [0.4, 0.5) is 0 Å². The number of carbonyl (C=O) groups excluding carboxylic acids is 2. The molecule has 122 valence electrons. The molecule has 0 aromatic carbocycles. The zero-order chi connectivity index (χ0) is 16.2. The fourth-order valence-electron chi connectivity index (χ4n) is 2.37. The van der Waals surface area contributed by atoms with Crippen LogP contribution < -0.4 is 5.32 Å². The van der Waals surface area contributed by atoms with Gasteiger partial charge in [-0.15, -0.1) is 0 Å². The standard InChI is InChI=1S/C16H29NO4/c1-7-10(2)13(15(19)21-16(4,5)6)17-14(18)12-8-9-20-11(12)3/h10-13H,7-9H2,1-6H3,(H,17,18)/t10-,11?,12?,13-/m0/s1. The maximum absolute atomic E-state index is 12.4. The molecule has 0 aromatic rings. The predicted molar refractivity (Wildman–Crippen MR) is 80.8 cm³/mol. The molecule has 0 radical (unpaired) electrons. The van der Waals surface area contributed by atoms with E-state index in [9.17, 15) is 9.59 Å². The molecule has 0 aliphatic carbocycles. The third kappa shape index (κ3) is 5.30. The number of amides is 1. The van der Waals surface area contributed by atoms with Crippen molar-refractivity contribution in [3.8, 4) is 0 Å². The van der Waals surface area contributed by atoms with E-state index >= 15 is 0 Å². The van der Waals surface area contributed by atoms with Gasteiger partial charge in [0.2, 0.25) is 5.91 Å². The highest BCUT2D eigenvalue weighted by atomic mass is 16.6. The highest BCUT2D eigenvalue weighted by Crippen LogP contribution is 2.22. The number of esters is 1. The largest absolute Gasteiger partial charge is 0.458 e. The summed E-state index contributed by atoms with van der Waals surface area (Å²) < 4.78 is 10.8. The summed E-state index contributed by atoms with van der Waals surface area (Å²) in [5.74, 6) is -0.631. The average molecular weight is 299 g/mol. The fourth-order valence-corrected chi connectivity index (χ4v) is 2.37. The van der Waals surface area contributed by atoms with E-state index in [1.807, 2.05) is 41.5 Å².